The summed E-state index contributed by atoms with van der Waals surface area (Å²) < 4.78 is 30.1. The van der Waals surface area contributed by atoms with Crippen LogP contribution in [0.25, 0.3) is 10.6 Å². The Hall–Kier alpha value is -1.28. The molecule has 0 saturated carbocycles. The van der Waals surface area contributed by atoms with Crippen LogP contribution in [0.3, 0.4) is 0 Å². The van der Waals surface area contributed by atoms with E-state index in [0.717, 1.165) is 16.3 Å². The van der Waals surface area contributed by atoms with E-state index in [0.29, 0.717) is 19.7 Å². The zero-order valence-electron chi connectivity index (χ0n) is 10.7. The predicted octanol–water partition coefficient (Wildman–Crippen LogP) is 1.93. The lowest BCUT2D eigenvalue weighted by Gasteiger charge is -2.25. The Labute approximate surface area is 121 Å². The number of aromatic nitrogens is 1. The molecule has 1 aromatic carbocycles. The summed E-state index contributed by atoms with van der Waals surface area (Å²) in [6, 6.07) is 9.87. The molecule has 0 aliphatic carbocycles. The van der Waals surface area contributed by atoms with Crippen molar-refractivity contribution in [3.63, 3.8) is 0 Å². The third-order valence-electron chi connectivity index (χ3n) is 3.02. The summed E-state index contributed by atoms with van der Waals surface area (Å²) in [5.41, 5.74) is 1.83. The van der Waals surface area contributed by atoms with Crippen molar-refractivity contribution in [1.82, 2.24) is 9.29 Å². The molecule has 0 radical (unpaired) electrons. The highest BCUT2D eigenvalue weighted by atomic mass is 32.2. The van der Waals surface area contributed by atoms with E-state index >= 15 is 0 Å². The van der Waals surface area contributed by atoms with Gasteiger partial charge in [-0.3, -0.25) is 0 Å². The van der Waals surface area contributed by atoms with E-state index in [1.807, 2.05) is 35.7 Å². The Balaban J connectivity index is 1.78. The quantitative estimate of drug-likeness (QED) is 0.869. The molecule has 2 aromatic rings. The van der Waals surface area contributed by atoms with Crippen LogP contribution in [-0.2, 0) is 21.3 Å². The standard InChI is InChI=1S/C13H14N2O3S2/c16-20(17)10-18-7-6-15(20)8-12-9-19-13(14-12)11-4-2-1-3-5-11/h1-5,9H,6-8,10H2. The Bertz CT molecular complexity index is 683. The SMILES string of the molecule is O=S1(=O)COCCN1Cc1csc(-c2ccccc2)n1. The van der Waals surface area contributed by atoms with Gasteiger partial charge in [-0.25, -0.2) is 13.4 Å². The summed E-state index contributed by atoms with van der Waals surface area (Å²) in [4.78, 5) is 4.51. The van der Waals surface area contributed by atoms with Gasteiger partial charge in [-0.15, -0.1) is 11.3 Å². The van der Waals surface area contributed by atoms with Gasteiger partial charge in [0, 0.05) is 17.5 Å². The van der Waals surface area contributed by atoms with Crippen LogP contribution >= 0.6 is 11.3 Å². The summed E-state index contributed by atoms with van der Waals surface area (Å²) in [7, 11) is -3.30. The van der Waals surface area contributed by atoms with Gasteiger partial charge in [-0.1, -0.05) is 30.3 Å². The molecular weight excluding hydrogens is 296 g/mol. The molecule has 2 heterocycles. The van der Waals surface area contributed by atoms with Gasteiger partial charge in [0.15, 0.2) is 5.94 Å². The van der Waals surface area contributed by atoms with Crippen molar-refractivity contribution < 1.29 is 13.2 Å². The first-order chi connectivity index (χ1) is 9.65. The molecule has 106 valence electrons. The number of nitrogens with zero attached hydrogens (tertiary/aromatic N) is 2. The molecule has 7 heteroatoms. The maximum Gasteiger partial charge on any atom is 0.238 e. The normalized spacial score (nSPS) is 19.0. The Morgan fingerprint density at radius 3 is 2.85 bits per heavy atom. The zero-order valence-corrected chi connectivity index (χ0v) is 12.4. The van der Waals surface area contributed by atoms with Crippen molar-refractivity contribution in [1.29, 1.82) is 0 Å². The number of ether oxygens (including phenoxy) is 1. The van der Waals surface area contributed by atoms with Crippen molar-refractivity contribution in [3.8, 4) is 10.6 Å². The molecular formula is C13H14N2O3S2. The minimum Gasteiger partial charge on any atom is -0.363 e. The Morgan fingerprint density at radius 2 is 2.10 bits per heavy atom. The van der Waals surface area contributed by atoms with E-state index in [2.05, 4.69) is 4.98 Å². The summed E-state index contributed by atoms with van der Waals surface area (Å²) in [5, 5.41) is 2.82. The zero-order chi connectivity index (χ0) is 14.0. The molecule has 0 spiro atoms. The maximum absolute atomic E-state index is 11.8. The number of hydrogen-bond donors (Lipinski definition) is 0. The molecule has 1 aliphatic heterocycles. The lowest BCUT2D eigenvalue weighted by molar-refractivity contribution is 0.130. The van der Waals surface area contributed by atoms with E-state index in [4.69, 9.17) is 4.74 Å². The summed E-state index contributed by atoms with van der Waals surface area (Å²) in [5.74, 6) is -0.233. The van der Waals surface area contributed by atoms with Crippen molar-refractivity contribution >= 4 is 21.4 Å². The van der Waals surface area contributed by atoms with Crippen molar-refractivity contribution in [2.24, 2.45) is 0 Å². The predicted molar refractivity (Wildman–Crippen MR) is 77.7 cm³/mol. The van der Waals surface area contributed by atoms with Gasteiger partial charge < -0.3 is 4.74 Å². The van der Waals surface area contributed by atoms with E-state index in [9.17, 15) is 8.42 Å². The average Bonchev–Trinajstić information content (AvgIpc) is 2.91. The van der Waals surface area contributed by atoms with Crippen molar-refractivity contribution in [2.75, 3.05) is 19.1 Å². The van der Waals surface area contributed by atoms with Gasteiger partial charge in [0.25, 0.3) is 0 Å². The third-order valence-corrected chi connectivity index (χ3v) is 5.52. The van der Waals surface area contributed by atoms with Crippen LogP contribution in [0.5, 0.6) is 0 Å². The first-order valence-corrected chi connectivity index (χ1v) is 8.69. The van der Waals surface area contributed by atoms with Crippen LogP contribution in [0.4, 0.5) is 0 Å². The highest BCUT2D eigenvalue weighted by Crippen LogP contribution is 2.24. The Morgan fingerprint density at radius 1 is 1.30 bits per heavy atom. The monoisotopic (exact) mass is 310 g/mol. The molecule has 0 atom stereocenters. The van der Waals surface area contributed by atoms with Crippen LogP contribution < -0.4 is 0 Å². The first-order valence-electron chi connectivity index (χ1n) is 6.20. The number of rotatable bonds is 3. The molecule has 20 heavy (non-hydrogen) atoms. The third kappa shape index (κ3) is 2.90. The number of benzene rings is 1. The topological polar surface area (TPSA) is 59.5 Å². The second-order valence-electron chi connectivity index (χ2n) is 4.48. The smallest absolute Gasteiger partial charge is 0.238 e. The summed E-state index contributed by atoms with van der Waals surface area (Å²) >= 11 is 1.53. The largest absolute Gasteiger partial charge is 0.363 e. The van der Waals surface area contributed by atoms with Crippen LogP contribution in [0.15, 0.2) is 35.7 Å². The van der Waals surface area contributed by atoms with E-state index in [-0.39, 0.29) is 5.94 Å². The second-order valence-corrected chi connectivity index (χ2v) is 7.26. The summed E-state index contributed by atoms with van der Waals surface area (Å²) in [6.07, 6.45) is 0. The molecule has 1 fully saturated rings. The fourth-order valence-corrected chi connectivity index (χ4v) is 3.97. The van der Waals surface area contributed by atoms with Gasteiger partial charge >= 0.3 is 0 Å². The number of thiazole rings is 1. The lowest BCUT2D eigenvalue weighted by Crippen LogP contribution is -2.40. The van der Waals surface area contributed by atoms with Gasteiger partial charge in [0.05, 0.1) is 18.8 Å². The number of hydrogen-bond acceptors (Lipinski definition) is 5. The maximum atomic E-state index is 11.8. The molecule has 1 aromatic heterocycles. The van der Waals surface area contributed by atoms with E-state index < -0.39 is 10.0 Å². The van der Waals surface area contributed by atoms with Gasteiger partial charge in [0.2, 0.25) is 10.0 Å². The highest BCUT2D eigenvalue weighted by molar-refractivity contribution is 7.88. The van der Waals surface area contributed by atoms with E-state index in [1.54, 1.807) is 0 Å². The van der Waals surface area contributed by atoms with E-state index in [1.165, 1.54) is 15.6 Å². The summed E-state index contributed by atoms with van der Waals surface area (Å²) in [6.45, 7) is 1.14. The molecule has 1 aliphatic rings. The molecule has 0 unspecified atom stereocenters. The van der Waals surface area contributed by atoms with Crippen LogP contribution in [0.2, 0.25) is 0 Å². The molecule has 1 saturated heterocycles. The highest BCUT2D eigenvalue weighted by Gasteiger charge is 2.27. The molecule has 5 nitrogen and oxygen atoms in total. The number of sulfonamides is 1. The van der Waals surface area contributed by atoms with Crippen LogP contribution in [-0.4, -0.2) is 36.8 Å². The Kier molecular flexibility index (Phi) is 3.84. The van der Waals surface area contributed by atoms with Crippen molar-refractivity contribution in [2.45, 2.75) is 6.54 Å². The molecule has 0 amide bonds. The van der Waals surface area contributed by atoms with Gasteiger partial charge in [-0.2, -0.15) is 4.31 Å². The molecule has 0 bridgehead atoms. The van der Waals surface area contributed by atoms with Gasteiger partial charge in [-0.05, 0) is 0 Å². The minimum atomic E-state index is -3.30. The van der Waals surface area contributed by atoms with Crippen LogP contribution in [0.1, 0.15) is 5.69 Å². The average molecular weight is 310 g/mol. The molecule has 3 rings (SSSR count). The minimum absolute atomic E-state index is 0.233. The van der Waals surface area contributed by atoms with Crippen LogP contribution in [0, 0.1) is 0 Å². The van der Waals surface area contributed by atoms with Gasteiger partial charge in [0.1, 0.15) is 5.01 Å². The fourth-order valence-electron chi connectivity index (χ4n) is 2.00. The lowest BCUT2D eigenvalue weighted by atomic mass is 10.2. The molecule has 0 N–H and O–H groups in total. The van der Waals surface area contributed by atoms with Crippen molar-refractivity contribution in [3.05, 3.63) is 41.4 Å². The second kappa shape index (κ2) is 5.61. The first kappa shape index (κ1) is 13.7. The fraction of sp³-hybridized carbons (Fsp3) is 0.308.